The van der Waals surface area contributed by atoms with Gasteiger partial charge in [-0.2, -0.15) is 0 Å². The lowest BCUT2D eigenvalue weighted by Crippen LogP contribution is -2.31. The number of aromatic nitrogens is 6. The Labute approximate surface area is 174 Å². The van der Waals surface area contributed by atoms with Gasteiger partial charge in [0.15, 0.2) is 11.5 Å². The van der Waals surface area contributed by atoms with Crippen LogP contribution in [0.1, 0.15) is 51.9 Å². The predicted molar refractivity (Wildman–Crippen MR) is 113 cm³/mol. The van der Waals surface area contributed by atoms with Crippen molar-refractivity contribution in [2.24, 2.45) is 11.8 Å². The monoisotopic (exact) mass is 409 g/mol. The van der Waals surface area contributed by atoms with Crippen LogP contribution in [0.5, 0.6) is 0 Å². The van der Waals surface area contributed by atoms with E-state index < -0.39 is 5.76 Å². The van der Waals surface area contributed by atoms with Crippen LogP contribution in [-0.2, 0) is 6.54 Å². The van der Waals surface area contributed by atoms with Gasteiger partial charge in [-0.15, -0.1) is 0 Å². The van der Waals surface area contributed by atoms with Crippen molar-refractivity contribution in [2.45, 2.75) is 64.5 Å². The number of imidazole rings is 1. The van der Waals surface area contributed by atoms with Gasteiger partial charge in [-0.1, -0.05) is 23.7 Å². The first kappa shape index (κ1) is 19.0. The number of hydrogen-bond donors (Lipinski definition) is 2. The van der Waals surface area contributed by atoms with Crippen LogP contribution < -0.4 is 11.1 Å². The third-order valence-corrected chi connectivity index (χ3v) is 6.61. The lowest BCUT2D eigenvalue weighted by Gasteiger charge is -2.32. The first-order chi connectivity index (χ1) is 14.6. The molecule has 9 nitrogen and oxygen atoms in total. The molecule has 158 valence electrons. The van der Waals surface area contributed by atoms with E-state index in [1.165, 1.54) is 24.8 Å². The van der Waals surface area contributed by atoms with E-state index in [0.717, 1.165) is 43.6 Å². The summed E-state index contributed by atoms with van der Waals surface area (Å²) < 4.78 is 6.80. The van der Waals surface area contributed by atoms with Crippen molar-refractivity contribution in [2.75, 3.05) is 5.32 Å². The molecule has 3 aromatic rings. The van der Waals surface area contributed by atoms with E-state index in [1.807, 2.05) is 6.33 Å². The van der Waals surface area contributed by atoms with E-state index in [9.17, 15) is 4.79 Å². The maximum Gasteiger partial charge on any atom is 0.439 e. The van der Waals surface area contributed by atoms with E-state index in [2.05, 4.69) is 48.0 Å². The quantitative estimate of drug-likeness (QED) is 0.599. The highest BCUT2D eigenvalue weighted by atomic mass is 16.5. The summed E-state index contributed by atoms with van der Waals surface area (Å²) in [6.07, 6.45) is 10.1. The van der Waals surface area contributed by atoms with Crippen molar-refractivity contribution in [1.82, 2.24) is 29.7 Å². The van der Waals surface area contributed by atoms with Crippen molar-refractivity contribution in [3.63, 3.8) is 0 Å². The number of nitrogens with one attached hydrogen (secondary N) is 2. The highest BCUT2D eigenvalue weighted by Crippen LogP contribution is 2.33. The molecule has 2 N–H and O–H groups in total. The van der Waals surface area contributed by atoms with E-state index >= 15 is 0 Å². The number of hydrogen-bond acceptors (Lipinski definition) is 7. The first-order valence-electron chi connectivity index (χ1n) is 10.8. The molecular weight excluding hydrogens is 382 g/mol. The van der Waals surface area contributed by atoms with E-state index in [1.54, 1.807) is 0 Å². The lowest BCUT2D eigenvalue weighted by molar-refractivity contribution is 0.285. The van der Waals surface area contributed by atoms with Crippen molar-refractivity contribution in [3.8, 4) is 11.6 Å². The van der Waals surface area contributed by atoms with E-state index in [0.29, 0.717) is 29.3 Å². The zero-order valence-corrected chi connectivity index (χ0v) is 17.2. The number of rotatable bonds is 6. The molecule has 0 amide bonds. The second-order valence-electron chi connectivity index (χ2n) is 8.73. The molecule has 0 unspecified atom stereocenters. The summed E-state index contributed by atoms with van der Waals surface area (Å²) in [6.45, 7) is 7.21. The molecule has 0 aliphatic heterocycles. The Morgan fingerprint density at radius 3 is 2.77 bits per heavy atom. The highest BCUT2D eigenvalue weighted by molar-refractivity contribution is 5.85. The summed E-state index contributed by atoms with van der Waals surface area (Å²) in [6, 6.07) is 0.294. The number of allylic oxidation sites excluding steroid dienone is 1. The van der Waals surface area contributed by atoms with Gasteiger partial charge >= 0.3 is 5.76 Å². The zero-order valence-electron chi connectivity index (χ0n) is 17.2. The normalized spacial score (nSPS) is 19.2. The number of aromatic amines is 1. The van der Waals surface area contributed by atoms with Crippen LogP contribution in [0.25, 0.3) is 22.8 Å². The SMILES string of the molecule is C=C1CCC(Cn2cnc3nc(-c4noc(=O)[nH]4)nc(N[C@H](C)C4CCC4)c32)CC1. The van der Waals surface area contributed by atoms with Gasteiger partial charge in [0.05, 0.1) is 6.33 Å². The molecule has 3 heterocycles. The van der Waals surface area contributed by atoms with Gasteiger partial charge in [-0.3, -0.25) is 9.51 Å². The maximum absolute atomic E-state index is 11.4. The fraction of sp³-hybridized carbons (Fsp3) is 0.571. The molecule has 9 heteroatoms. The van der Waals surface area contributed by atoms with Crippen molar-refractivity contribution in [1.29, 1.82) is 0 Å². The van der Waals surface area contributed by atoms with Crippen LogP contribution in [0.2, 0.25) is 0 Å². The Hall–Kier alpha value is -2.97. The second-order valence-corrected chi connectivity index (χ2v) is 8.73. The minimum atomic E-state index is -0.629. The highest BCUT2D eigenvalue weighted by Gasteiger charge is 2.26. The van der Waals surface area contributed by atoms with Crippen molar-refractivity contribution >= 4 is 17.0 Å². The summed E-state index contributed by atoms with van der Waals surface area (Å²) >= 11 is 0. The van der Waals surface area contributed by atoms with Gasteiger partial charge in [0, 0.05) is 12.6 Å². The molecule has 30 heavy (non-hydrogen) atoms. The average Bonchev–Trinajstić information content (AvgIpc) is 3.28. The minimum absolute atomic E-state index is 0.210. The summed E-state index contributed by atoms with van der Waals surface area (Å²) in [7, 11) is 0. The Kier molecular flexibility index (Phi) is 4.88. The van der Waals surface area contributed by atoms with Crippen LogP contribution >= 0.6 is 0 Å². The average molecular weight is 409 g/mol. The predicted octanol–water partition coefficient (Wildman–Crippen LogP) is 3.52. The fourth-order valence-electron chi connectivity index (χ4n) is 4.47. The van der Waals surface area contributed by atoms with Crippen LogP contribution in [0, 0.1) is 11.8 Å². The molecule has 0 aromatic carbocycles. The van der Waals surface area contributed by atoms with Gasteiger partial charge in [0.25, 0.3) is 0 Å². The maximum atomic E-state index is 11.4. The Balaban J connectivity index is 1.51. The number of H-pyrrole nitrogens is 1. The van der Waals surface area contributed by atoms with Crippen molar-refractivity contribution in [3.05, 3.63) is 29.0 Å². The summed E-state index contributed by atoms with van der Waals surface area (Å²) in [4.78, 5) is 27.7. The summed E-state index contributed by atoms with van der Waals surface area (Å²) in [5.41, 5.74) is 2.85. The summed E-state index contributed by atoms with van der Waals surface area (Å²) in [5, 5.41) is 7.34. The van der Waals surface area contributed by atoms with E-state index in [4.69, 9.17) is 4.98 Å². The van der Waals surface area contributed by atoms with Gasteiger partial charge in [0.2, 0.25) is 11.6 Å². The van der Waals surface area contributed by atoms with Crippen molar-refractivity contribution < 1.29 is 4.52 Å². The van der Waals surface area contributed by atoms with Crippen LogP contribution in [-0.4, -0.2) is 35.7 Å². The molecule has 0 saturated heterocycles. The largest absolute Gasteiger partial charge is 0.439 e. The molecular formula is C21H27N7O2. The molecule has 2 saturated carbocycles. The molecule has 0 bridgehead atoms. The molecule has 2 aliphatic carbocycles. The third-order valence-electron chi connectivity index (χ3n) is 6.61. The van der Waals surface area contributed by atoms with Gasteiger partial charge < -0.3 is 9.88 Å². The lowest BCUT2D eigenvalue weighted by atomic mass is 9.80. The van der Waals surface area contributed by atoms with Gasteiger partial charge in [0.1, 0.15) is 5.52 Å². The topological polar surface area (TPSA) is 115 Å². The Morgan fingerprint density at radius 2 is 2.10 bits per heavy atom. The summed E-state index contributed by atoms with van der Waals surface area (Å²) in [5.74, 6) is 1.85. The van der Waals surface area contributed by atoms with Gasteiger partial charge in [-0.25, -0.2) is 19.7 Å². The number of fused-ring (bicyclic) bond motifs is 1. The molecule has 5 rings (SSSR count). The minimum Gasteiger partial charge on any atom is -0.365 e. The Bertz CT molecular complexity index is 1110. The molecule has 0 radical (unpaired) electrons. The van der Waals surface area contributed by atoms with E-state index in [-0.39, 0.29) is 5.82 Å². The van der Waals surface area contributed by atoms with Gasteiger partial charge in [-0.05, 0) is 57.3 Å². The molecule has 0 spiro atoms. The van der Waals surface area contributed by atoms with Crippen LogP contribution in [0.4, 0.5) is 5.82 Å². The molecule has 1 atom stereocenters. The number of nitrogens with zero attached hydrogens (tertiary/aromatic N) is 5. The Morgan fingerprint density at radius 1 is 1.30 bits per heavy atom. The smallest absolute Gasteiger partial charge is 0.365 e. The molecule has 2 fully saturated rings. The first-order valence-corrected chi connectivity index (χ1v) is 10.8. The third kappa shape index (κ3) is 3.64. The van der Waals surface area contributed by atoms with Crippen LogP contribution in [0.3, 0.4) is 0 Å². The molecule has 3 aromatic heterocycles. The zero-order chi connectivity index (χ0) is 20.7. The van der Waals surface area contributed by atoms with Crippen LogP contribution in [0.15, 0.2) is 27.8 Å². The molecule has 2 aliphatic rings. The fourth-order valence-corrected chi connectivity index (χ4v) is 4.47. The second kappa shape index (κ2) is 7.70. The number of anilines is 1. The standard InChI is InChI=1S/C21H27N7O2/c1-12-6-8-14(9-7-12)10-28-11-22-17-16(28)18(23-13(2)15-4-3-5-15)25-19(24-17)20-26-21(29)30-27-20/h11,13-15H,1,3-10H2,2H3,(H,23,24,25)(H,26,27,29)/t13-/m1/s1.